The van der Waals surface area contributed by atoms with Gasteiger partial charge in [-0.05, 0) is 48.7 Å². The number of hydrogen-bond acceptors (Lipinski definition) is 5. The SMILES string of the molecule is NC(=O)[C@H]1CCCN1Cc1cn(Cc2ccc(F)cc2)c2cnc3c(=O)n(O)ccc3c12. The molecule has 8 nitrogen and oxygen atoms in total. The van der Waals surface area contributed by atoms with Gasteiger partial charge in [0.05, 0.1) is 17.8 Å². The van der Waals surface area contributed by atoms with Gasteiger partial charge in [0.1, 0.15) is 11.3 Å². The van der Waals surface area contributed by atoms with Gasteiger partial charge in [-0.2, -0.15) is 4.73 Å². The maximum atomic E-state index is 13.3. The zero-order chi connectivity index (χ0) is 22.4. The minimum absolute atomic E-state index is 0.163. The van der Waals surface area contributed by atoms with Crippen molar-refractivity contribution in [3.63, 3.8) is 0 Å². The van der Waals surface area contributed by atoms with Crippen LogP contribution in [0.5, 0.6) is 0 Å². The van der Waals surface area contributed by atoms with Crippen LogP contribution in [0.25, 0.3) is 21.8 Å². The van der Waals surface area contributed by atoms with Gasteiger partial charge in [0.2, 0.25) is 5.91 Å². The van der Waals surface area contributed by atoms with E-state index in [1.54, 1.807) is 24.4 Å². The summed E-state index contributed by atoms with van der Waals surface area (Å²) in [6.07, 6.45) is 6.51. The zero-order valence-electron chi connectivity index (χ0n) is 17.2. The molecule has 0 radical (unpaired) electrons. The standard InChI is InChI=1S/C23H22FN5O3/c24-16-5-3-14(4-6-16)11-28-13-15(12-27-8-1-2-18(27)22(25)30)20-17-7-9-29(32)23(31)21(17)26-10-19(20)28/h3-7,9-10,13,18,32H,1-2,8,11-12H2,(H2,25,30)/t18-/m1/s1. The van der Waals surface area contributed by atoms with Crippen molar-refractivity contribution >= 4 is 27.7 Å². The predicted octanol–water partition coefficient (Wildman–Crippen LogP) is 2.23. The lowest BCUT2D eigenvalue weighted by molar-refractivity contribution is -0.122. The highest BCUT2D eigenvalue weighted by atomic mass is 19.1. The van der Waals surface area contributed by atoms with Crippen molar-refractivity contribution in [3.8, 4) is 0 Å². The Morgan fingerprint density at radius 3 is 2.75 bits per heavy atom. The van der Waals surface area contributed by atoms with E-state index in [1.807, 2.05) is 10.8 Å². The molecule has 5 rings (SSSR count). The molecule has 1 fully saturated rings. The van der Waals surface area contributed by atoms with E-state index in [2.05, 4.69) is 9.88 Å². The molecule has 1 saturated heterocycles. The number of rotatable bonds is 5. The lowest BCUT2D eigenvalue weighted by atomic mass is 10.1. The zero-order valence-corrected chi connectivity index (χ0v) is 17.2. The summed E-state index contributed by atoms with van der Waals surface area (Å²) in [7, 11) is 0. The van der Waals surface area contributed by atoms with Crippen molar-refractivity contribution in [1.82, 2.24) is 19.2 Å². The molecule has 1 aliphatic rings. The summed E-state index contributed by atoms with van der Waals surface area (Å²) < 4.78 is 15.9. The number of pyridine rings is 2. The monoisotopic (exact) mass is 435 g/mol. The van der Waals surface area contributed by atoms with Crippen molar-refractivity contribution in [2.45, 2.75) is 32.0 Å². The number of halogens is 1. The lowest BCUT2D eigenvalue weighted by Gasteiger charge is -2.21. The van der Waals surface area contributed by atoms with Crippen molar-refractivity contribution in [2.75, 3.05) is 6.54 Å². The molecule has 1 aromatic carbocycles. The van der Waals surface area contributed by atoms with Crippen molar-refractivity contribution < 1.29 is 14.4 Å². The number of primary amides is 1. The average Bonchev–Trinajstić information content (AvgIpc) is 3.38. The van der Waals surface area contributed by atoms with Gasteiger partial charge in [-0.25, -0.2) is 9.37 Å². The van der Waals surface area contributed by atoms with Crippen LogP contribution >= 0.6 is 0 Å². The van der Waals surface area contributed by atoms with Gasteiger partial charge in [-0.3, -0.25) is 14.5 Å². The summed E-state index contributed by atoms with van der Waals surface area (Å²) >= 11 is 0. The minimum atomic E-state index is -0.599. The average molecular weight is 435 g/mol. The van der Waals surface area contributed by atoms with Crippen LogP contribution in [0.15, 0.2) is 53.7 Å². The molecule has 0 bridgehead atoms. The van der Waals surface area contributed by atoms with Crippen LogP contribution in [0.1, 0.15) is 24.0 Å². The third-order valence-electron chi connectivity index (χ3n) is 6.16. The number of hydrogen-bond donors (Lipinski definition) is 2. The summed E-state index contributed by atoms with van der Waals surface area (Å²) in [4.78, 5) is 30.7. The Bertz CT molecular complexity index is 1390. The Morgan fingerprint density at radius 2 is 2.00 bits per heavy atom. The number of fused-ring (bicyclic) bond motifs is 3. The van der Waals surface area contributed by atoms with Crippen LogP contribution in [0.3, 0.4) is 0 Å². The second kappa shape index (κ2) is 7.76. The van der Waals surface area contributed by atoms with E-state index >= 15 is 0 Å². The van der Waals surface area contributed by atoms with Crippen LogP contribution in [-0.4, -0.2) is 42.9 Å². The Kier molecular flexibility index (Phi) is 4.90. The maximum absolute atomic E-state index is 13.3. The lowest BCUT2D eigenvalue weighted by Crippen LogP contribution is -2.39. The van der Waals surface area contributed by atoms with Gasteiger partial charge >= 0.3 is 5.56 Å². The summed E-state index contributed by atoms with van der Waals surface area (Å²) in [6, 6.07) is 7.62. The molecule has 1 atom stereocenters. The highest BCUT2D eigenvalue weighted by Gasteiger charge is 2.30. The van der Waals surface area contributed by atoms with Gasteiger partial charge in [0.25, 0.3) is 0 Å². The number of carbonyl (C=O) groups is 1. The minimum Gasteiger partial charge on any atom is -0.425 e. The summed E-state index contributed by atoms with van der Waals surface area (Å²) in [5.74, 6) is -0.640. The molecule has 164 valence electrons. The maximum Gasteiger partial charge on any atom is 0.309 e. The predicted molar refractivity (Wildman–Crippen MR) is 117 cm³/mol. The third-order valence-corrected chi connectivity index (χ3v) is 6.16. The fourth-order valence-corrected chi connectivity index (χ4v) is 4.64. The van der Waals surface area contributed by atoms with E-state index in [0.717, 1.165) is 41.4 Å². The first kappa shape index (κ1) is 20.2. The number of benzene rings is 1. The normalized spacial score (nSPS) is 16.8. The number of amides is 1. The molecule has 9 heteroatoms. The molecule has 0 spiro atoms. The number of nitrogens with zero attached hydrogens (tertiary/aromatic N) is 4. The van der Waals surface area contributed by atoms with Gasteiger partial charge in [-0.1, -0.05) is 12.1 Å². The number of carbonyl (C=O) groups excluding carboxylic acids is 1. The third kappa shape index (κ3) is 3.40. The molecule has 1 aliphatic heterocycles. The number of aromatic nitrogens is 3. The molecule has 4 heterocycles. The molecule has 0 saturated carbocycles. The molecule has 0 aliphatic carbocycles. The van der Waals surface area contributed by atoms with E-state index < -0.39 is 5.56 Å². The first-order valence-corrected chi connectivity index (χ1v) is 10.4. The number of likely N-dealkylation sites (tertiary alicyclic amines) is 1. The quantitative estimate of drug-likeness (QED) is 0.468. The van der Waals surface area contributed by atoms with Gasteiger partial charge < -0.3 is 15.5 Å². The van der Waals surface area contributed by atoms with E-state index in [1.165, 1.54) is 18.3 Å². The van der Waals surface area contributed by atoms with Gasteiger partial charge in [0.15, 0.2) is 0 Å². The summed E-state index contributed by atoms with van der Waals surface area (Å²) in [5, 5.41) is 11.2. The van der Waals surface area contributed by atoms with Crippen molar-refractivity contribution in [3.05, 3.63) is 76.2 Å². The Labute approximate surface area is 182 Å². The molecule has 1 amide bonds. The summed E-state index contributed by atoms with van der Waals surface area (Å²) in [6.45, 7) is 1.73. The van der Waals surface area contributed by atoms with Crippen LogP contribution in [0, 0.1) is 5.82 Å². The Balaban J connectivity index is 1.67. The molecule has 4 aromatic rings. The molecular weight excluding hydrogens is 413 g/mol. The summed E-state index contributed by atoms with van der Waals surface area (Å²) in [5.41, 5.74) is 7.82. The van der Waals surface area contributed by atoms with E-state index in [9.17, 15) is 19.2 Å². The largest absolute Gasteiger partial charge is 0.425 e. The molecule has 3 aromatic heterocycles. The Hall–Kier alpha value is -3.72. The first-order valence-electron chi connectivity index (χ1n) is 10.4. The smallest absolute Gasteiger partial charge is 0.309 e. The van der Waals surface area contributed by atoms with Crippen LogP contribution in [-0.2, 0) is 17.9 Å². The van der Waals surface area contributed by atoms with E-state index in [4.69, 9.17) is 5.73 Å². The topological polar surface area (TPSA) is 106 Å². The molecule has 0 unspecified atom stereocenters. The van der Waals surface area contributed by atoms with Crippen molar-refractivity contribution in [1.29, 1.82) is 0 Å². The van der Waals surface area contributed by atoms with Crippen LogP contribution in [0.4, 0.5) is 4.39 Å². The van der Waals surface area contributed by atoms with Gasteiger partial charge in [-0.15, -0.1) is 0 Å². The second-order valence-corrected chi connectivity index (χ2v) is 8.19. The Morgan fingerprint density at radius 1 is 1.22 bits per heavy atom. The highest BCUT2D eigenvalue weighted by Crippen LogP contribution is 2.31. The molecular formula is C23H22FN5O3. The first-order chi connectivity index (χ1) is 15.4. The van der Waals surface area contributed by atoms with Crippen LogP contribution < -0.4 is 11.3 Å². The van der Waals surface area contributed by atoms with Crippen molar-refractivity contribution in [2.24, 2.45) is 5.73 Å². The fraction of sp³-hybridized carbons (Fsp3) is 0.261. The molecule has 32 heavy (non-hydrogen) atoms. The van der Waals surface area contributed by atoms with Crippen LogP contribution in [0.2, 0.25) is 0 Å². The van der Waals surface area contributed by atoms with E-state index in [-0.39, 0.29) is 23.3 Å². The van der Waals surface area contributed by atoms with E-state index in [0.29, 0.717) is 23.2 Å². The number of nitrogens with two attached hydrogens (primary N) is 1. The highest BCUT2D eigenvalue weighted by molar-refractivity contribution is 6.06. The fourth-order valence-electron chi connectivity index (χ4n) is 4.64. The molecule has 3 N–H and O–H groups in total. The second-order valence-electron chi connectivity index (χ2n) is 8.19. The van der Waals surface area contributed by atoms with Gasteiger partial charge in [0, 0.05) is 36.3 Å².